The standard InChI is InChI=1S/C21H27N5O2S/c1-15-10-16(2)12-17(11-15)22-20(27)14-29-21-24-23-19(26(21)8-9-28-4)13-18-6-5-7-25(18)3/h5-7,10-12H,8-9,13-14H2,1-4H3,(H,22,27). The van der Waals surface area contributed by atoms with Gasteiger partial charge in [-0.05, 0) is 49.2 Å². The van der Waals surface area contributed by atoms with E-state index in [1.54, 1.807) is 7.11 Å². The van der Waals surface area contributed by atoms with Crippen molar-refractivity contribution < 1.29 is 9.53 Å². The lowest BCUT2D eigenvalue weighted by Crippen LogP contribution is -2.16. The van der Waals surface area contributed by atoms with E-state index in [0.29, 0.717) is 19.6 Å². The lowest BCUT2D eigenvalue weighted by atomic mass is 10.1. The topological polar surface area (TPSA) is 74.0 Å². The van der Waals surface area contributed by atoms with Gasteiger partial charge in [-0.15, -0.1) is 10.2 Å². The first-order chi connectivity index (χ1) is 14.0. The van der Waals surface area contributed by atoms with E-state index >= 15 is 0 Å². The molecule has 2 heterocycles. The number of methoxy groups -OCH3 is 1. The van der Waals surface area contributed by atoms with Crippen LogP contribution in [0.15, 0.2) is 41.7 Å². The zero-order chi connectivity index (χ0) is 20.8. The zero-order valence-corrected chi connectivity index (χ0v) is 18.1. The number of anilines is 1. The normalized spacial score (nSPS) is 11.0. The van der Waals surface area contributed by atoms with Crippen molar-refractivity contribution in [3.8, 4) is 0 Å². The van der Waals surface area contributed by atoms with Gasteiger partial charge in [0.2, 0.25) is 5.91 Å². The van der Waals surface area contributed by atoms with E-state index in [2.05, 4.69) is 32.2 Å². The van der Waals surface area contributed by atoms with Gasteiger partial charge in [0, 0.05) is 44.7 Å². The first-order valence-corrected chi connectivity index (χ1v) is 10.5. The van der Waals surface area contributed by atoms with E-state index in [4.69, 9.17) is 4.74 Å². The van der Waals surface area contributed by atoms with Crippen LogP contribution in [0.2, 0.25) is 0 Å². The van der Waals surface area contributed by atoms with Gasteiger partial charge in [0.05, 0.1) is 12.4 Å². The highest BCUT2D eigenvalue weighted by molar-refractivity contribution is 7.99. The molecule has 1 N–H and O–H groups in total. The van der Waals surface area contributed by atoms with Crippen LogP contribution in [-0.2, 0) is 29.5 Å². The molecule has 29 heavy (non-hydrogen) atoms. The first-order valence-electron chi connectivity index (χ1n) is 9.48. The van der Waals surface area contributed by atoms with Crippen molar-refractivity contribution in [2.24, 2.45) is 7.05 Å². The molecule has 8 heteroatoms. The minimum absolute atomic E-state index is 0.0646. The van der Waals surface area contributed by atoms with E-state index in [0.717, 1.165) is 33.5 Å². The maximum atomic E-state index is 12.4. The minimum atomic E-state index is -0.0646. The first kappa shape index (κ1) is 21.1. The molecule has 3 rings (SSSR count). The van der Waals surface area contributed by atoms with Crippen LogP contribution in [0, 0.1) is 13.8 Å². The Morgan fingerprint density at radius 3 is 2.62 bits per heavy atom. The zero-order valence-electron chi connectivity index (χ0n) is 17.3. The fraction of sp³-hybridized carbons (Fsp3) is 0.381. The second-order valence-electron chi connectivity index (χ2n) is 7.04. The molecular formula is C21H27N5O2S. The van der Waals surface area contributed by atoms with Gasteiger partial charge in [0.25, 0.3) is 0 Å². The van der Waals surface area contributed by atoms with Crippen molar-refractivity contribution in [3.63, 3.8) is 0 Å². The van der Waals surface area contributed by atoms with Gasteiger partial charge < -0.3 is 19.2 Å². The molecule has 0 radical (unpaired) electrons. The number of rotatable bonds is 9. The number of aromatic nitrogens is 4. The van der Waals surface area contributed by atoms with Gasteiger partial charge in [-0.1, -0.05) is 17.8 Å². The predicted octanol–water partition coefficient (Wildman–Crippen LogP) is 3.20. The lowest BCUT2D eigenvalue weighted by Gasteiger charge is -2.11. The number of nitrogens with one attached hydrogen (secondary N) is 1. The summed E-state index contributed by atoms with van der Waals surface area (Å²) < 4.78 is 9.34. The molecule has 1 aromatic carbocycles. The number of hydrogen-bond donors (Lipinski definition) is 1. The third-order valence-electron chi connectivity index (χ3n) is 4.54. The molecule has 0 bridgehead atoms. The molecule has 154 valence electrons. The van der Waals surface area contributed by atoms with E-state index in [1.807, 2.05) is 49.9 Å². The molecule has 0 unspecified atom stereocenters. The van der Waals surface area contributed by atoms with Crippen LogP contribution in [0.4, 0.5) is 5.69 Å². The summed E-state index contributed by atoms with van der Waals surface area (Å²) in [7, 11) is 3.68. The molecular weight excluding hydrogens is 386 g/mol. The number of thioether (sulfide) groups is 1. The fourth-order valence-electron chi connectivity index (χ4n) is 3.18. The molecule has 0 saturated carbocycles. The number of carbonyl (C=O) groups is 1. The van der Waals surface area contributed by atoms with Gasteiger partial charge in [-0.2, -0.15) is 0 Å². The third kappa shape index (κ3) is 5.71. The smallest absolute Gasteiger partial charge is 0.234 e. The van der Waals surface area contributed by atoms with E-state index in [-0.39, 0.29) is 11.7 Å². The quantitative estimate of drug-likeness (QED) is 0.545. The largest absolute Gasteiger partial charge is 0.383 e. The third-order valence-corrected chi connectivity index (χ3v) is 5.51. The Morgan fingerprint density at radius 2 is 1.97 bits per heavy atom. The SMILES string of the molecule is COCCn1c(Cc2cccn2C)nnc1SCC(=O)Nc1cc(C)cc(C)c1. The summed E-state index contributed by atoms with van der Waals surface area (Å²) in [5, 5.41) is 12.4. The molecule has 0 saturated heterocycles. The van der Waals surface area contributed by atoms with Crippen molar-refractivity contribution in [2.75, 3.05) is 24.8 Å². The van der Waals surface area contributed by atoms with Crippen LogP contribution in [0.5, 0.6) is 0 Å². The minimum Gasteiger partial charge on any atom is -0.383 e. The Hall–Kier alpha value is -2.58. The molecule has 7 nitrogen and oxygen atoms in total. The second kappa shape index (κ2) is 9.76. The van der Waals surface area contributed by atoms with Crippen molar-refractivity contribution in [2.45, 2.75) is 32.0 Å². The molecule has 0 fully saturated rings. The maximum Gasteiger partial charge on any atom is 0.234 e. The summed E-state index contributed by atoms with van der Waals surface area (Å²) in [6, 6.07) is 10.1. The van der Waals surface area contributed by atoms with Gasteiger partial charge in [0.15, 0.2) is 5.16 Å². The van der Waals surface area contributed by atoms with Crippen LogP contribution in [-0.4, -0.2) is 44.7 Å². The number of carbonyl (C=O) groups excluding carboxylic acids is 1. The average molecular weight is 414 g/mol. The summed E-state index contributed by atoms with van der Waals surface area (Å²) in [4.78, 5) is 12.4. The molecule has 0 spiro atoms. The fourth-order valence-corrected chi connectivity index (χ4v) is 3.96. The van der Waals surface area contributed by atoms with Crippen LogP contribution >= 0.6 is 11.8 Å². The number of benzene rings is 1. The van der Waals surface area contributed by atoms with Crippen LogP contribution in [0.25, 0.3) is 0 Å². The Kier molecular flexibility index (Phi) is 7.11. The lowest BCUT2D eigenvalue weighted by molar-refractivity contribution is -0.113. The van der Waals surface area contributed by atoms with E-state index in [1.165, 1.54) is 11.8 Å². The van der Waals surface area contributed by atoms with Gasteiger partial charge in [0.1, 0.15) is 5.82 Å². The number of aryl methyl sites for hydroxylation is 3. The monoisotopic (exact) mass is 413 g/mol. The summed E-state index contributed by atoms with van der Waals surface area (Å²) in [6.07, 6.45) is 2.69. The van der Waals surface area contributed by atoms with Crippen molar-refractivity contribution in [1.29, 1.82) is 0 Å². The van der Waals surface area contributed by atoms with Crippen LogP contribution in [0.1, 0.15) is 22.6 Å². The Bertz CT molecular complexity index is 959. The van der Waals surface area contributed by atoms with Crippen LogP contribution < -0.4 is 5.32 Å². The second-order valence-corrected chi connectivity index (χ2v) is 7.99. The molecule has 2 aromatic heterocycles. The number of ether oxygens (including phenoxy) is 1. The maximum absolute atomic E-state index is 12.4. The predicted molar refractivity (Wildman–Crippen MR) is 115 cm³/mol. The highest BCUT2D eigenvalue weighted by Gasteiger charge is 2.15. The number of hydrogen-bond acceptors (Lipinski definition) is 5. The molecule has 1 amide bonds. The highest BCUT2D eigenvalue weighted by atomic mass is 32.2. The van der Waals surface area contributed by atoms with Gasteiger partial charge in [-0.3, -0.25) is 4.79 Å². The van der Waals surface area contributed by atoms with Crippen molar-refractivity contribution in [3.05, 3.63) is 59.2 Å². The van der Waals surface area contributed by atoms with Gasteiger partial charge in [-0.25, -0.2) is 0 Å². The molecule has 3 aromatic rings. The summed E-state index contributed by atoms with van der Waals surface area (Å²) in [5.74, 6) is 1.06. The van der Waals surface area contributed by atoms with Crippen molar-refractivity contribution in [1.82, 2.24) is 19.3 Å². The Balaban J connectivity index is 1.67. The molecule has 0 aliphatic heterocycles. The van der Waals surface area contributed by atoms with E-state index < -0.39 is 0 Å². The summed E-state index contributed by atoms with van der Waals surface area (Å²) >= 11 is 1.39. The number of nitrogens with zero attached hydrogens (tertiary/aromatic N) is 4. The average Bonchev–Trinajstić information content (AvgIpc) is 3.24. The summed E-state index contributed by atoms with van der Waals surface area (Å²) in [6.45, 7) is 5.23. The van der Waals surface area contributed by atoms with E-state index in [9.17, 15) is 4.79 Å². The molecule has 0 aliphatic rings. The Labute approximate surface area is 175 Å². The highest BCUT2D eigenvalue weighted by Crippen LogP contribution is 2.20. The van der Waals surface area contributed by atoms with Crippen molar-refractivity contribution >= 4 is 23.4 Å². The van der Waals surface area contributed by atoms with Crippen LogP contribution in [0.3, 0.4) is 0 Å². The Morgan fingerprint density at radius 1 is 1.21 bits per heavy atom. The molecule has 0 atom stereocenters. The van der Waals surface area contributed by atoms with Gasteiger partial charge >= 0.3 is 0 Å². The molecule has 0 aliphatic carbocycles. The number of amides is 1. The summed E-state index contributed by atoms with van der Waals surface area (Å²) in [5.41, 5.74) is 4.22.